The smallest absolute Gasteiger partial charge is 0.239 e. The second-order valence-electron chi connectivity index (χ2n) is 5.69. The van der Waals surface area contributed by atoms with Gasteiger partial charge in [0.2, 0.25) is 5.91 Å². The Bertz CT molecular complexity index is 684. The lowest BCUT2D eigenvalue weighted by Gasteiger charge is -2.11. The van der Waals surface area contributed by atoms with Crippen LogP contribution in [0.3, 0.4) is 0 Å². The molecule has 0 atom stereocenters. The van der Waals surface area contributed by atoms with E-state index in [1.165, 1.54) is 5.56 Å². The van der Waals surface area contributed by atoms with Crippen LogP contribution in [0.4, 0.5) is 5.69 Å². The van der Waals surface area contributed by atoms with Crippen LogP contribution in [0, 0.1) is 0 Å². The lowest BCUT2D eigenvalue weighted by molar-refractivity contribution is -0.119. The summed E-state index contributed by atoms with van der Waals surface area (Å²) >= 11 is 0. The summed E-state index contributed by atoms with van der Waals surface area (Å²) in [6.45, 7) is 2.95. The van der Waals surface area contributed by atoms with Crippen molar-refractivity contribution in [1.82, 2.24) is 5.32 Å². The maximum absolute atomic E-state index is 11.9. The van der Waals surface area contributed by atoms with Crippen molar-refractivity contribution in [2.45, 2.75) is 19.8 Å². The minimum atomic E-state index is -0.0277. The van der Waals surface area contributed by atoms with Gasteiger partial charge in [-0.15, -0.1) is 0 Å². The van der Waals surface area contributed by atoms with E-state index >= 15 is 0 Å². The number of rotatable bonds is 9. The lowest BCUT2D eigenvalue weighted by Crippen LogP contribution is -2.31. The Balaban J connectivity index is 1.74. The predicted molar refractivity (Wildman–Crippen MR) is 101 cm³/mol. The Morgan fingerprint density at radius 3 is 2.28 bits per heavy atom. The van der Waals surface area contributed by atoms with E-state index in [1.54, 1.807) is 14.2 Å². The molecular formula is C20H26N2O3. The van der Waals surface area contributed by atoms with E-state index in [0.29, 0.717) is 18.0 Å². The molecule has 5 heteroatoms. The number of hydrogen-bond acceptors (Lipinski definition) is 4. The molecule has 1 amide bonds. The minimum absolute atomic E-state index is 0.0277. The van der Waals surface area contributed by atoms with Crippen LogP contribution in [-0.4, -0.2) is 33.2 Å². The van der Waals surface area contributed by atoms with Crippen molar-refractivity contribution in [2.75, 3.05) is 32.6 Å². The molecule has 0 fully saturated rings. The average Bonchev–Trinajstić information content (AvgIpc) is 2.66. The van der Waals surface area contributed by atoms with E-state index in [0.717, 1.165) is 24.1 Å². The Morgan fingerprint density at radius 1 is 0.960 bits per heavy atom. The molecule has 0 aromatic heterocycles. The summed E-state index contributed by atoms with van der Waals surface area (Å²) in [6.07, 6.45) is 1.74. The highest BCUT2D eigenvalue weighted by Crippen LogP contribution is 2.27. The van der Waals surface area contributed by atoms with Crippen molar-refractivity contribution >= 4 is 11.6 Å². The van der Waals surface area contributed by atoms with Crippen LogP contribution in [-0.2, 0) is 17.6 Å². The second-order valence-corrected chi connectivity index (χ2v) is 5.69. The van der Waals surface area contributed by atoms with Crippen molar-refractivity contribution in [2.24, 2.45) is 0 Å². The van der Waals surface area contributed by atoms with Gasteiger partial charge in [0, 0.05) is 12.2 Å². The van der Waals surface area contributed by atoms with Crippen LogP contribution in [0.5, 0.6) is 11.5 Å². The number of nitrogens with one attached hydrogen (secondary N) is 2. The minimum Gasteiger partial charge on any atom is -0.493 e. The van der Waals surface area contributed by atoms with E-state index in [1.807, 2.05) is 30.3 Å². The maximum atomic E-state index is 11.9. The molecule has 2 rings (SSSR count). The van der Waals surface area contributed by atoms with Crippen molar-refractivity contribution in [3.8, 4) is 11.5 Å². The van der Waals surface area contributed by atoms with Gasteiger partial charge in [0.1, 0.15) is 0 Å². The van der Waals surface area contributed by atoms with E-state index in [4.69, 9.17) is 9.47 Å². The topological polar surface area (TPSA) is 59.6 Å². The predicted octanol–water partition coefficient (Wildman–Crippen LogP) is 3.04. The van der Waals surface area contributed by atoms with Crippen LogP contribution < -0.4 is 20.1 Å². The molecule has 0 saturated heterocycles. The maximum Gasteiger partial charge on any atom is 0.239 e. The van der Waals surface area contributed by atoms with E-state index < -0.39 is 0 Å². The van der Waals surface area contributed by atoms with Gasteiger partial charge in [0.05, 0.1) is 20.8 Å². The first-order valence-electron chi connectivity index (χ1n) is 8.46. The fourth-order valence-electron chi connectivity index (χ4n) is 2.49. The first-order chi connectivity index (χ1) is 12.2. The number of carbonyl (C=O) groups is 1. The molecule has 5 nitrogen and oxygen atoms in total. The summed E-state index contributed by atoms with van der Waals surface area (Å²) in [7, 11) is 3.22. The van der Waals surface area contributed by atoms with Gasteiger partial charge in [-0.3, -0.25) is 4.79 Å². The number of benzene rings is 2. The number of carbonyl (C=O) groups excluding carboxylic acids is 1. The zero-order chi connectivity index (χ0) is 18.1. The van der Waals surface area contributed by atoms with Gasteiger partial charge in [-0.2, -0.15) is 0 Å². The van der Waals surface area contributed by atoms with Gasteiger partial charge in [-0.1, -0.05) is 25.1 Å². The molecule has 0 heterocycles. The Morgan fingerprint density at radius 2 is 1.64 bits per heavy atom. The molecule has 0 bridgehead atoms. The third kappa shape index (κ3) is 5.71. The quantitative estimate of drug-likeness (QED) is 0.735. The summed E-state index contributed by atoms with van der Waals surface area (Å²) in [6, 6.07) is 13.9. The Labute approximate surface area is 149 Å². The largest absolute Gasteiger partial charge is 0.493 e. The summed E-state index contributed by atoms with van der Waals surface area (Å²) < 4.78 is 10.5. The highest BCUT2D eigenvalue weighted by Gasteiger charge is 2.05. The van der Waals surface area contributed by atoms with E-state index in [2.05, 4.69) is 29.7 Å². The Kier molecular flexibility index (Phi) is 7.14. The van der Waals surface area contributed by atoms with Crippen molar-refractivity contribution < 1.29 is 14.3 Å². The van der Waals surface area contributed by atoms with Crippen LogP contribution in [0.15, 0.2) is 42.5 Å². The molecule has 0 aliphatic heterocycles. The van der Waals surface area contributed by atoms with Crippen LogP contribution >= 0.6 is 0 Å². The summed E-state index contributed by atoms with van der Waals surface area (Å²) in [4.78, 5) is 11.9. The van der Waals surface area contributed by atoms with Gasteiger partial charge >= 0.3 is 0 Å². The zero-order valence-electron chi connectivity index (χ0n) is 15.1. The molecule has 0 unspecified atom stereocenters. The summed E-state index contributed by atoms with van der Waals surface area (Å²) in [5.74, 6) is 1.37. The molecule has 2 N–H and O–H groups in total. The molecule has 0 radical (unpaired) electrons. The zero-order valence-corrected chi connectivity index (χ0v) is 15.1. The van der Waals surface area contributed by atoms with Crippen LogP contribution in [0.1, 0.15) is 18.1 Å². The van der Waals surface area contributed by atoms with E-state index in [-0.39, 0.29) is 12.5 Å². The fraction of sp³-hybridized carbons (Fsp3) is 0.350. The van der Waals surface area contributed by atoms with Crippen LogP contribution in [0.2, 0.25) is 0 Å². The third-order valence-electron chi connectivity index (χ3n) is 4.00. The monoisotopic (exact) mass is 342 g/mol. The van der Waals surface area contributed by atoms with Gasteiger partial charge in [-0.25, -0.2) is 0 Å². The van der Waals surface area contributed by atoms with Crippen molar-refractivity contribution in [1.29, 1.82) is 0 Å². The molecule has 0 aliphatic rings. The number of hydrogen-bond donors (Lipinski definition) is 2. The average molecular weight is 342 g/mol. The summed E-state index contributed by atoms with van der Waals surface area (Å²) in [5.41, 5.74) is 3.32. The number of aryl methyl sites for hydroxylation is 1. The third-order valence-corrected chi connectivity index (χ3v) is 4.00. The highest BCUT2D eigenvalue weighted by atomic mass is 16.5. The number of ether oxygens (including phenoxy) is 2. The molecule has 2 aromatic carbocycles. The highest BCUT2D eigenvalue weighted by molar-refractivity contribution is 5.80. The molecule has 0 aliphatic carbocycles. The van der Waals surface area contributed by atoms with Crippen molar-refractivity contribution in [3.05, 3.63) is 53.6 Å². The molecule has 0 spiro atoms. The Hall–Kier alpha value is -2.69. The number of methoxy groups -OCH3 is 2. The normalized spacial score (nSPS) is 10.2. The molecule has 2 aromatic rings. The van der Waals surface area contributed by atoms with Gasteiger partial charge in [0.15, 0.2) is 11.5 Å². The van der Waals surface area contributed by atoms with E-state index in [9.17, 15) is 4.79 Å². The van der Waals surface area contributed by atoms with Gasteiger partial charge in [-0.05, 0) is 48.2 Å². The standard InChI is InChI=1S/C20H26N2O3/c1-4-15-5-8-17(9-6-15)22-14-20(23)21-12-11-16-7-10-18(24-2)19(13-16)25-3/h5-10,13,22H,4,11-12,14H2,1-3H3,(H,21,23). The lowest BCUT2D eigenvalue weighted by atomic mass is 10.1. The first-order valence-corrected chi connectivity index (χ1v) is 8.46. The SMILES string of the molecule is CCc1ccc(NCC(=O)NCCc2ccc(OC)c(OC)c2)cc1. The fourth-order valence-corrected chi connectivity index (χ4v) is 2.49. The number of amides is 1. The van der Waals surface area contributed by atoms with Crippen molar-refractivity contribution in [3.63, 3.8) is 0 Å². The van der Waals surface area contributed by atoms with Crippen LogP contribution in [0.25, 0.3) is 0 Å². The van der Waals surface area contributed by atoms with Gasteiger partial charge < -0.3 is 20.1 Å². The second kappa shape index (κ2) is 9.57. The number of anilines is 1. The molecule has 25 heavy (non-hydrogen) atoms. The molecule has 134 valence electrons. The molecular weight excluding hydrogens is 316 g/mol. The first kappa shape index (κ1) is 18.6. The summed E-state index contributed by atoms with van der Waals surface area (Å²) in [5, 5.41) is 6.05. The molecule has 0 saturated carbocycles. The van der Waals surface area contributed by atoms with Gasteiger partial charge in [0.25, 0.3) is 0 Å².